The van der Waals surface area contributed by atoms with Crippen molar-refractivity contribution in [2.75, 3.05) is 18.0 Å². The fourth-order valence-electron chi connectivity index (χ4n) is 2.74. The third-order valence-electron chi connectivity index (χ3n) is 3.82. The molecule has 1 aliphatic heterocycles. The van der Waals surface area contributed by atoms with Crippen molar-refractivity contribution in [3.8, 4) is 6.07 Å². The van der Waals surface area contributed by atoms with Gasteiger partial charge in [0.15, 0.2) is 0 Å². The second-order valence-electron chi connectivity index (χ2n) is 5.00. The zero-order valence-corrected chi connectivity index (χ0v) is 10.8. The molecule has 1 saturated heterocycles. The van der Waals surface area contributed by atoms with E-state index in [0.717, 1.165) is 18.7 Å². The van der Waals surface area contributed by atoms with Crippen LogP contribution in [0.5, 0.6) is 0 Å². The van der Waals surface area contributed by atoms with Crippen molar-refractivity contribution >= 4 is 5.69 Å². The van der Waals surface area contributed by atoms with Gasteiger partial charge in [0.25, 0.3) is 0 Å². The number of hydrogen-bond donors (Lipinski definition) is 0. The number of hydrogen-bond acceptors (Lipinski definition) is 2. The van der Waals surface area contributed by atoms with Gasteiger partial charge in [-0.2, -0.15) is 5.26 Å². The standard InChI is InChI=1S/C17H16N2/c18-12-14-6-8-17(9-7-14)19-11-10-16(13-19)15-4-2-1-3-5-15/h1-9,16H,10-11,13H2. The molecule has 2 aromatic rings. The van der Waals surface area contributed by atoms with Gasteiger partial charge in [-0.1, -0.05) is 30.3 Å². The lowest BCUT2D eigenvalue weighted by atomic mass is 9.99. The summed E-state index contributed by atoms with van der Waals surface area (Å²) in [6, 6.07) is 20.8. The average molecular weight is 248 g/mol. The predicted molar refractivity (Wildman–Crippen MR) is 77.2 cm³/mol. The van der Waals surface area contributed by atoms with Crippen molar-refractivity contribution in [3.63, 3.8) is 0 Å². The van der Waals surface area contributed by atoms with Gasteiger partial charge in [0.05, 0.1) is 11.6 Å². The van der Waals surface area contributed by atoms with Crippen LogP contribution in [0.1, 0.15) is 23.5 Å². The quantitative estimate of drug-likeness (QED) is 0.812. The van der Waals surface area contributed by atoms with Crippen LogP contribution >= 0.6 is 0 Å². The summed E-state index contributed by atoms with van der Waals surface area (Å²) in [5.41, 5.74) is 3.37. The minimum atomic E-state index is 0.622. The zero-order valence-electron chi connectivity index (χ0n) is 10.8. The number of rotatable bonds is 2. The lowest BCUT2D eigenvalue weighted by Crippen LogP contribution is -2.18. The first kappa shape index (κ1) is 11.8. The Morgan fingerprint density at radius 1 is 1.00 bits per heavy atom. The van der Waals surface area contributed by atoms with E-state index >= 15 is 0 Å². The van der Waals surface area contributed by atoms with Crippen LogP contribution in [0.3, 0.4) is 0 Å². The largest absolute Gasteiger partial charge is 0.371 e. The Kier molecular flexibility index (Phi) is 3.20. The molecule has 0 bridgehead atoms. The van der Waals surface area contributed by atoms with E-state index in [0.29, 0.717) is 5.92 Å². The van der Waals surface area contributed by atoms with E-state index in [9.17, 15) is 0 Å². The molecule has 0 amide bonds. The Bertz CT molecular complexity index is 581. The first-order chi connectivity index (χ1) is 9.36. The van der Waals surface area contributed by atoms with E-state index in [1.54, 1.807) is 0 Å². The van der Waals surface area contributed by atoms with Crippen LogP contribution in [-0.4, -0.2) is 13.1 Å². The minimum Gasteiger partial charge on any atom is -0.371 e. The first-order valence-electron chi connectivity index (χ1n) is 6.67. The maximum absolute atomic E-state index is 8.82. The van der Waals surface area contributed by atoms with E-state index in [2.05, 4.69) is 41.3 Å². The van der Waals surface area contributed by atoms with Crippen molar-refractivity contribution in [1.29, 1.82) is 5.26 Å². The molecule has 0 aromatic heterocycles. The molecular weight excluding hydrogens is 232 g/mol. The summed E-state index contributed by atoms with van der Waals surface area (Å²) in [4.78, 5) is 2.40. The van der Waals surface area contributed by atoms with Gasteiger partial charge in [-0.15, -0.1) is 0 Å². The Morgan fingerprint density at radius 3 is 2.42 bits per heavy atom. The SMILES string of the molecule is N#Cc1ccc(N2CCC(c3ccccc3)C2)cc1. The topological polar surface area (TPSA) is 27.0 Å². The maximum atomic E-state index is 8.82. The molecule has 2 nitrogen and oxygen atoms in total. The monoisotopic (exact) mass is 248 g/mol. The molecule has 1 heterocycles. The van der Waals surface area contributed by atoms with E-state index < -0.39 is 0 Å². The molecule has 2 aromatic carbocycles. The molecule has 1 atom stereocenters. The fourth-order valence-corrected chi connectivity index (χ4v) is 2.74. The highest BCUT2D eigenvalue weighted by molar-refractivity contribution is 5.51. The van der Waals surface area contributed by atoms with Crippen molar-refractivity contribution in [2.45, 2.75) is 12.3 Å². The molecule has 0 radical (unpaired) electrons. The van der Waals surface area contributed by atoms with E-state index in [1.165, 1.54) is 17.7 Å². The van der Waals surface area contributed by atoms with Crippen molar-refractivity contribution < 1.29 is 0 Å². The summed E-state index contributed by atoms with van der Waals surface area (Å²) in [6.45, 7) is 2.15. The lowest BCUT2D eigenvalue weighted by molar-refractivity contribution is 0.775. The van der Waals surface area contributed by atoms with Crippen LogP contribution in [0.15, 0.2) is 54.6 Å². The Labute approximate surface area is 113 Å². The Hall–Kier alpha value is -2.27. The average Bonchev–Trinajstić information content (AvgIpc) is 2.98. The van der Waals surface area contributed by atoms with E-state index in [-0.39, 0.29) is 0 Å². The molecule has 1 fully saturated rings. The van der Waals surface area contributed by atoms with Gasteiger partial charge in [0.2, 0.25) is 0 Å². The third-order valence-corrected chi connectivity index (χ3v) is 3.82. The maximum Gasteiger partial charge on any atom is 0.0991 e. The second kappa shape index (κ2) is 5.16. The number of benzene rings is 2. The highest BCUT2D eigenvalue weighted by atomic mass is 15.1. The summed E-state index contributed by atoms with van der Waals surface area (Å²) in [5.74, 6) is 0.622. The molecule has 0 spiro atoms. The van der Waals surface area contributed by atoms with E-state index in [4.69, 9.17) is 5.26 Å². The molecule has 19 heavy (non-hydrogen) atoms. The van der Waals surface area contributed by atoms with Crippen molar-refractivity contribution in [3.05, 3.63) is 65.7 Å². The zero-order chi connectivity index (χ0) is 13.1. The minimum absolute atomic E-state index is 0.622. The van der Waals surface area contributed by atoms with Crippen LogP contribution in [-0.2, 0) is 0 Å². The van der Waals surface area contributed by atoms with Crippen LogP contribution in [0.25, 0.3) is 0 Å². The number of nitriles is 1. The molecule has 0 aliphatic carbocycles. The highest BCUT2D eigenvalue weighted by Gasteiger charge is 2.23. The smallest absolute Gasteiger partial charge is 0.0991 e. The summed E-state index contributed by atoms with van der Waals surface area (Å²) in [6.07, 6.45) is 1.20. The summed E-state index contributed by atoms with van der Waals surface area (Å²) in [7, 11) is 0. The highest BCUT2D eigenvalue weighted by Crippen LogP contribution is 2.30. The predicted octanol–water partition coefficient (Wildman–Crippen LogP) is 3.55. The Balaban J connectivity index is 1.73. The third kappa shape index (κ3) is 2.46. The van der Waals surface area contributed by atoms with Gasteiger partial charge < -0.3 is 4.90 Å². The van der Waals surface area contributed by atoms with Gasteiger partial charge in [0, 0.05) is 24.7 Å². The molecular formula is C17H16N2. The summed E-state index contributed by atoms with van der Waals surface area (Å²) in [5, 5.41) is 8.82. The Morgan fingerprint density at radius 2 is 1.74 bits per heavy atom. The second-order valence-corrected chi connectivity index (χ2v) is 5.00. The van der Waals surface area contributed by atoms with Crippen LogP contribution < -0.4 is 4.90 Å². The lowest BCUT2D eigenvalue weighted by Gasteiger charge is -2.18. The molecule has 3 rings (SSSR count). The van der Waals surface area contributed by atoms with Crippen LogP contribution in [0.4, 0.5) is 5.69 Å². The molecule has 94 valence electrons. The summed E-state index contributed by atoms with van der Waals surface area (Å²) < 4.78 is 0. The van der Waals surface area contributed by atoms with Gasteiger partial charge >= 0.3 is 0 Å². The van der Waals surface area contributed by atoms with Gasteiger partial charge in [0.1, 0.15) is 0 Å². The fraction of sp³-hybridized carbons (Fsp3) is 0.235. The molecule has 2 heteroatoms. The normalized spacial score (nSPS) is 18.3. The van der Waals surface area contributed by atoms with Crippen LogP contribution in [0.2, 0.25) is 0 Å². The van der Waals surface area contributed by atoms with Gasteiger partial charge in [-0.25, -0.2) is 0 Å². The molecule has 0 N–H and O–H groups in total. The van der Waals surface area contributed by atoms with Crippen molar-refractivity contribution in [1.82, 2.24) is 0 Å². The van der Waals surface area contributed by atoms with Gasteiger partial charge in [-0.3, -0.25) is 0 Å². The van der Waals surface area contributed by atoms with Gasteiger partial charge in [-0.05, 0) is 36.2 Å². The molecule has 1 unspecified atom stereocenters. The molecule has 0 saturated carbocycles. The summed E-state index contributed by atoms with van der Waals surface area (Å²) >= 11 is 0. The van der Waals surface area contributed by atoms with E-state index in [1.807, 2.05) is 24.3 Å². The molecule has 1 aliphatic rings. The number of anilines is 1. The van der Waals surface area contributed by atoms with Crippen molar-refractivity contribution in [2.24, 2.45) is 0 Å². The number of nitrogens with zero attached hydrogens (tertiary/aromatic N) is 2. The van der Waals surface area contributed by atoms with Crippen LogP contribution in [0, 0.1) is 11.3 Å². The first-order valence-corrected chi connectivity index (χ1v) is 6.67.